The lowest BCUT2D eigenvalue weighted by atomic mass is 10.2. The lowest BCUT2D eigenvalue weighted by molar-refractivity contribution is 0.609. The molecular weight excluding hydrogens is 324 g/mol. The third kappa shape index (κ3) is 4.55. The van der Waals surface area contributed by atoms with E-state index in [9.17, 15) is 8.42 Å². The zero-order valence-electron chi connectivity index (χ0n) is 14.5. The van der Waals surface area contributed by atoms with E-state index in [1.807, 2.05) is 45.3 Å². The van der Waals surface area contributed by atoms with Crippen molar-refractivity contribution in [3.8, 4) is 0 Å². The van der Waals surface area contributed by atoms with Crippen molar-refractivity contribution in [1.29, 1.82) is 0 Å². The van der Waals surface area contributed by atoms with Gasteiger partial charge in [0.05, 0.1) is 22.5 Å². The number of hydrogen-bond acceptors (Lipinski definition) is 5. The number of sulfonamides is 1. The van der Waals surface area contributed by atoms with Gasteiger partial charge in [0.15, 0.2) is 0 Å². The van der Waals surface area contributed by atoms with E-state index in [0.29, 0.717) is 23.0 Å². The van der Waals surface area contributed by atoms with Crippen LogP contribution in [0.25, 0.3) is 6.08 Å². The molecule has 0 bridgehead atoms. The molecule has 2 rings (SSSR count). The summed E-state index contributed by atoms with van der Waals surface area (Å²) < 4.78 is 27.1. The molecule has 0 saturated carbocycles. The molecule has 128 valence electrons. The first-order chi connectivity index (χ1) is 11.2. The summed E-state index contributed by atoms with van der Waals surface area (Å²) in [6.45, 7) is 5.49. The van der Waals surface area contributed by atoms with Gasteiger partial charge in [0.1, 0.15) is 0 Å². The Kier molecular flexibility index (Phi) is 5.23. The first-order valence-electron chi connectivity index (χ1n) is 7.48. The van der Waals surface area contributed by atoms with Crippen LogP contribution in [0.4, 0.5) is 11.6 Å². The Morgan fingerprint density at radius 3 is 2.04 bits per heavy atom. The van der Waals surface area contributed by atoms with Crippen LogP contribution >= 0.6 is 0 Å². The van der Waals surface area contributed by atoms with Gasteiger partial charge in [-0.15, -0.1) is 0 Å². The van der Waals surface area contributed by atoms with E-state index >= 15 is 0 Å². The highest BCUT2D eigenvalue weighted by molar-refractivity contribution is 7.95. The quantitative estimate of drug-likeness (QED) is 0.901. The molecule has 1 N–H and O–H groups in total. The van der Waals surface area contributed by atoms with Crippen LogP contribution in [0.2, 0.25) is 0 Å². The van der Waals surface area contributed by atoms with Gasteiger partial charge in [-0.1, -0.05) is 29.8 Å². The standard InChI is InChI=1S/C17H22N4O2S/c1-12-6-8-15(9-7-12)10-11-24(22,23)20-16-13(2)18-17(21(4)5)19-14(16)3/h6-11,20H,1-5H3/b11-10+. The molecule has 0 aliphatic rings. The maximum atomic E-state index is 12.3. The van der Waals surface area contributed by atoms with Crippen LogP contribution < -0.4 is 9.62 Å². The van der Waals surface area contributed by atoms with Crippen molar-refractivity contribution in [2.24, 2.45) is 0 Å². The molecule has 1 aromatic carbocycles. The molecule has 0 spiro atoms. The number of nitrogens with zero attached hydrogens (tertiary/aromatic N) is 3. The Balaban J connectivity index is 2.24. The molecule has 1 aromatic heterocycles. The Labute approximate surface area is 143 Å². The average Bonchev–Trinajstić information content (AvgIpc) is 2.50. The summed E-state index contributed by atoms with van der Waals surface area (Å²) in [5, 5.41) is 1.15. The third-order valence-corrected chi connectivity index (χ3v) is 4.40. The zero-order chi connectivity index (χ0) is 17.9. The number of benzene rings is 1. The number of anilines is 2. The fraction of sp³-hybridized carbons (Fsp3) is 0.294. The van der Waals surface area contributed by atoms with Crippen molar-refractivity contribution in [3.63, 3.8) is 0 Å². The molecule has 0 amide bonds. The van der Waals surface area contributed by atoms with Crippen molar-refractivity contribution in [1.82, 2.24) is 9.97 Å². The molecule has 0 aliphatic heterocycles. The van der Waals surface area contributed by atoms with E-state index in [2.05, 4.69) is 14.7 Å². The molecule has 0 aliphatic carbocycles. The molecule has 1 heterocycles. The average molecular weight is 346 g/mol. The predicted octanol–water partition coefficient (Wildman–Crippen LogP) is 2.88. The van der Waals surface area contributed by atoms with E-state index in [4.69, 9.17) is 0 Å². The highest BCUT2D eigenvalue weighted by Crippen LogP contribution is 2.21. The normalized spacial score (nSPS) is 11.7. The van der Waals surface area contributed by atoms with Gasteiger partial charge >= 0.3 is 0 Å². The van der Waals surface area contributed by atoms with Crippen molar-refractivity contribution >= 4 is 27.7 Å². The van der Waals surface area contributed by atoms with Crippen molar-refractivity contribution in [2.45, 2.75) is 20.8 Å². The maximum absolute atomic E-state index is 12.3. The highest BCUT2D eigenvalue weighted by atomic mass is 32.2. The predicted molar refractivity (Wildman–Crippen MR) is 98.6 cm³/mol. The van der Waals surface area contributed by atoms with Crippen LogP contribution in [0.5, 0.6) is 0 Å². The molecule has 0 unspecified atom stereocenters. The SMILES string of the molecule is Cc1ccc(/C=C/S(=O)(=O)Nc2c(C)nc(N(C)C)nc2C)cc1. The van der Waals surface area contributed by atoms with Gasteiger partial charge in [-0.25, -0.2) is 18.4 Å². The number of aryl methyl sites for hydroxylation is 3. The van der Waals surface area contributed by atoms with Crippen LogP contribution in [0.1, 0.15) is 22.5 Å². The topological polar surface area (TPSA) is 75.2 Å². The summed E-state index contributed by atoms with van der Waals surface area (Å²) >= 11 is 0. The van der Waals surface area contributed by atoms with Crippen LogP contribution in [-0.2, 0) is 10.0 Å². The maximum Gasteiger partial charge on any atom is 0.255 e. The lowest BCUT2D eigenvalue weighted by Gasteiger charge is -2.15. The second-order valence-corrected chi connectivity index (χ2v) is 7.39. The number of rotatable bonds is 5. The van der Waals surface area contributed by atoms with Gasteiger partial charge in [0, 0.05) is 14.1 Å². The molecule has 0 fully saturated rings. The van der Waals surface area contributed by atoms with Gasteiger partial charge in [-0.05, 0) is 32.4 Å². The minimum atomic E-state index is -3.65. The second-order valence-electron chi connectivity index (χ2n) is 5.82. The largest absolute Gasteiger partial charge is 0.347 e. The van der Waals surface area contributed by atoms with Crippen molar-refractivity contribution < 1.29 is 8.42 Å². The van der Waals surface area contributed by atoms with E-state index < -0.39 is 10.0 Å². The van der Waals surface area contributed by atoms with E-state index in [0.717, 1.165) is 16.5 Å². The zero-order valence-corrected chi connectivity index (χ0v) is 15.3. The van der Waals surface area contributed by atoms with Gasteiger partial charge in [-0.2, -0.15) is 0 Å². The van der Waals surface area contributed by atoms with Crippen LogP contribution in [0.15, 0.2) is 29.7 Å². The van der Waals surface area contributed by atoms with Crippen LogP contribution in [-0.4, -0.2) is 32.5 Å². The van der Waals surface area contributed by atoms with E-state index in [-0.39, 0.29) is 0 Å². The summed E-state index contributed by atoms with van der Waals surface area (Å²) in [5.74, 6) is 0.545. The van der Waals surface area contributed by atoms with Gasteiger partial charge in [0.25, 0.3) is 10.0 Å². The Morgan fingerprint density at radius 2 is 1.54 bits per heavy atom. The smallest absolute Gasteiger partial charge is 0.255 e. The molecule has 2 aromatic rings. The van der Waals surface area contributed by atoms with Gasteiger partial charge < -0.3 is 4.90 Å². The Hall–Kier alpha value is -2.41. The minimum absolute atomic E-state index is 0.411. The highest BCUT2D eigenvalue weighted by Gasteiger charge is 2.14. The Morgan fingerprint density at radius 1 is 1.00 bits per heavy atom. The Bertz CT molecular complexity index is 834. The first kappa shape index (κ1) is 17.9. The second kappa shape index (κ2) is 7.00. The monoisotopic (exact) mass is 346 g/mol. The van der Waals surface area contributed by atoms with Crippen molar-refractivity contribution in [2.75, 3.05) is 23.7 Å². The molecule has 7 heteroatoms. The van der Waals surface area contributed by atoms with Gasteiger partial charge in [0.2, 0.25) is 5.95 Å². The number of nitrogens with one attached hydrogen (secondary N) is 1. The number of aromatic nitrogens is 2. The van der Waals surface area contributed by atoms with E-state index in [1.54, 1.807) is 24.8 Å². The minimum Gasteiger partial charge on any atom is -0.347 e. The fourth-order valence-electron chi connectivity index (χ4n) is 2.07. The van der Waals surface area contributed by atoms with Gasteiger partial charge in [-0.3, -0.25) is 4.72 Å². The summed E-state index contributed by atoms with van der Waals surface area (Å²) in [6, 6.07) is 7.60. The summed E-state index contributed by atoms with van der Waals surface area (Å²) in [7, 11) is 0.0262. The first-order valence-corrected chi connectivity index (χ1v) is 9.03. The fourth-order valence-corrected chi connectivity index (χ4v) is 3.05. The lowest BCUT2D eigenvalue weighted by Crippen LogP contribution is -2.17. The molecule has 0 saturated heterocycles. The summed E-state index contributed by atoms with van der Waals surface area (Å²) in [4.78, 5) is 10.4. The summed E-state index contributed by atoms with van der Waals surface area (Å²) in [6.07, 6.45) is 1.56. The molecule has 0 radical (unpaired) electrons. The third-order valence-electron chi connectivity index (χ3n) is 3.42. The molecule has 6 nitrogen and oxygen atoms in total. The van der Waals surface area contributed by atoms with Crippen molar-refractivity contribution in [3.05, 3.63) is 52.2 Å². The van der Waals surface area contributed by atoms with E-state index in [1.165, 1.54) is 0 Å². The number of hydrogen-bond donors (Lipinski definition) is 1. The molecule has 24 heavy (non-hydrogen) atoms. The molecular formula is C17H22N4O2S. The van der Waals surface area contributed by atoms with Crippen LogP contribution in [0.3, 0.4) is 0 Å². The van der Waals surface area contributed by atoms with Crippen LogP contribution in [0, 0.1) is 20.8 Å². The molecule has 0 atom stereocenters. The summed E-state index contributed by atoms with van der Waals surface area (Å²) in [5.41, 5.74) is 3.52.